The predicted molar refractivity (Wildman–Crippen MR) is 108 cm³/mol. The molecule has 0 spiro atoms. The van der Waals surface area contributed by atoms with Gasteiger partial charge in [0, 0.05) is 17.8 Å². The zero-order valence-corrected chi connectivity index (χ0v) is 16.5. The fourth-order valence-corrected chi connectivity index (χ4v) is 3.83. The second-order valence-electron chi connectivity index (χ2n) is 6.44. The lowest BCUT2D eigenvalue weighted by molar-refractivity contribution is -0.122. The van der Waals surface area contributed by atoms with Gasteiger partial charge in [0.2, 0.25) is 0 Å². The van der Waals surface area contributed by atoms with Crippen LogP contribution in [-0.4, -0.2) is 23.7 Å². The summed E-state index contributed by atoms with van der Waals surface area (Å²) in [5, 5.41) is 2.84. The van der Waals surface area contributed by atoms with Crippen molar-refractivity contribution in [1.82, 2.24) is 4.57 Å². The average Bonchev–Trinajstić information content (AvgIpc) is 2.96. The second-order valence-corrected chi connectivity index (χ2v) is 7.44. The molecular formula is C20H22N2O4S. The minimum Gasteiger partial charge on any atom is -0.497 e. The topological polar surface area (TPSA) is 69.6 Å². The van der Waals surface area contributed by atoms with Crippen molar-refractivity contribution in [2.45, 2.75) is 32.9 Å². The molecule has 0 bridgehead atoms. The minimum absolute atomic E-state index is 0.00166. The average molecular weight is 386 g/mol. The van der Waals surface area contributed by atoms with Crippen LogP contribution in [0, 0.1) is 0 Å². The summed E-state index contributed by atoms with van der Waals surface area (Å²) in [5.41, 5.74) is 1.50. The van der Waals surface area contributed by atoms with Crippen LogP contribution in [0.15, 0.2) is 47.3 Å². The van der Waals surface area contributed by atoms with Gasteiger partial charge in [0.25, 0.3) is 5.91 Å². The Hall–Kier alpha value is -2.80. The van der Waals surface area contributed by atoms with Gasteiger partial charge in [-0.05, 0) is 51.1 Å². The number of methoxy groups -OCH3 is 1. The molecule has 3 rings (SSSR count). The van der Waals surface area contributed by atoms with E-state index in [9.17, 15) is 9.59 Å². The van der Waals surface area contributed by atoms with Crippen molar-refractivity contribution < 1.29 is 14.3 Å². The van der Waals surface area contributed by atoms with Crippen LogP contribution in [0.3, 0.4) is 0 Å². The number of rotatable bonds is 6. The lowest BCUT2D eigenvalue weighted by Crippen LogP contribution is -2.30. The monoisotopic (exact) mass is 386 g/mol. The quantitative estimate of drug-likeness (QED) is 0.694. The van der Waals surface area contributed by atoms with Crippen LogP contribution in [0.2, 0.25) is 0 Å². The van der Waals surface area contributed by atoms with Crippen molar-refractivity contribution >= 4 is 33.1 Å². The largest absolute Gasteiger partial charge is 0.497 e. The molecule has 0 aliphatic heterocycles. The first kappa shape index (κ1) is 19.0. The molecule has 0 aliphatic rings. The summed E-state index contributed by atoms with van der Waals surface area (Å²) in [6.07, 6.45) is -0.688. The number of ether oxygens (including phenoxy) is 2. The highest BCUT2D eigenvalue weighted by Gasteiger charge is 2.16. The summed E-state index contributed by atoms with van der Waals surface area (Å²) in [6.45, 7) is 5.63. The number of anilines is 1. The molecule has 0 saturated heterocycles. The van der Waals surface area contributed by atoms with E-state index in [1.807, 2.05) is 32.0 Å². The minimum atomic E-state index is -0.688. The van der Waals surface area contributed by atoms with Gasteiger partial charge in [-0.3, -0.25) is 14.2 Å². The third kappa shape index (κ3) is 4.14. The van der Waals surface area contributed by atoms with Crippen molar-refractivity contribution in [3.05, 3.63) is 52.1 Å². The third-order valence-electron chi connectivity index (χ3n) is 4.12. The Morgan fingerprint density at radius 2 is 1.85 bits per heavy atom. The van der Waals surface area contributed by atoms with Crippen LogP contribution < -0.4 is 19.7 Å². The molecule has 1 amide bonds. The van der Waals surface area contributed by atoms with E-state index >= 15 is 0 Å². The van der Waals surface area contributed by atoms with Crippen molar-refractivity contribution in [1.29, 1.82) is 0 Å². The number of carbonyl (C=O) groups excluding carboxylic acids is 1. The summed E-state index contributed by atoms with van der Waals surface area (Å²) in [6, 6.07) is 12.7. The van der Waals surface area contributed by atoms with E-state index in [1.54, 1.807) is 42.9 Å². The molecule has 1 aromatic heterocycles. The Morgan fingerprint density at radius 3 is 2.56 bits per heavy atom. The number of nitrogens with one attached hydrogen (secondary N) is 1. The van der Waals surface area contributed by atoms with Crippen molar-refractivity contribution in [3.8, 4) is 11.5 Å². The van der Waals surface area contributed by atoms with E-state index in [0.717, 1.165) is 10.2 Å². The van der Waals surface area contributed by atoms with Gasteiger partial charge >= 0.3 is 4.87 Å². The van der Waals surface area contributed by atoms with E-state index in [2.05, 4.69) is 5.32 Å². The molecule has 3 aromatic rings. The van der Waals surface area contributed by atoms with Crippen LogP contribution in [0.25, 0.3) is 10.2 Å². The summed E-state index contributed by atoms with van der Waals surface area (Å²) >= 11 is 1.17. The summed E-state index contributed by atoms with van der Waals surface area (Å²) in [5.74, 6) is 0.947. The summed E-state index contributed by atoms with van der Waals surface area (Å²) in [4.78, 5) is 24.6. The Morgan fingerprint density at radius 1 is 1.11 bits per heavy atom. The predicted octanol–water partition coefficient (Wildman–Crippen LogP) is 4.06. The van der Waals surface area contributed by atoms with Crippen LogP contribution >= 0.6 is 11.3 Å². The zero-order valence-electron chi connectivity index (χ0n) is 15.7. The van der Waals surface area contributed by atoms with Crippen molar-refractivity contribution in [3.63, 3.8) is 0 Å². The van der Waals surface area contributed by atoms with E-state index in [1.165, 1.54) is 11.3 Å². The highest BCUT2D eigenvalue weighted by Crippen LogP contribution is 2.25. The van der Waals surface area contributed by atoms with Gasteiger partial charge in [-0.2, -0.15) is 0 Å². The van der Waals surface area contributed by atoms with Gasteiger partial charge in [0.15, 0.2) is 6.10 Å². The van der Waals surface area contributed by atoms with Crippen molar-refractivity contribution in [2.24, 2.45) is 0 Å². The highest BCUT2D eigenvalue weighted by molar-refractivity contribution is 7.16. The first-order valence-electron chi connectivity index (χ1n) is 8.65. The SMILES string of the molecule is COc1cccc(O[C@@H](C)C(=O)Nc2ccc3c(c2)sc(=O)n3C(C)C)c1. The summed E-state index contributed by atoms with van der Waals surface area (Å²) in [7, 11) is 1.58. The van der Waals surface area contributed by atoms with Gasteiger partial charge in [0.05, 0.1) is 17.3 Å². The number of hydrogen-bond donors (Lipinski definition) is 1. The van der Waals surface area contributed by atoms with E-state index in [4.69, 9.17) is 9.47 Å². The maximum absolute atomic E-state index is 12.5. The van der Waals surface area contributed by atoms with Crippen LogP contribution in [-0.2, 0) is 4.79 Å². The van der Waals surface area contributed by atoms with Crippen molar-refractivity contribution in [2.75, 3.05) is 12.4 Å². The molecule has 1 N–H and O–H groups in total. The number of nitrogens with zero attached hydrogens (tertiary/aromatic N) is 1. The number of thiazole rings is 1. The molecular weight excluding hydrogens is 364 g/mol. The maximum atomic E-state index is 12.5. The molecule has 6 nitrogen and oxygen atoms in total. The van der Waals surface area contributed by atoms with Crippen LogP contribution in [0.5, 0.6) is 11.5 Å². The number of carbonyl (C=O) groups is 1. The first-order valence-corrected chi connectivity index (χ1v) is 9.47. The lowest BCUT2D eigenvalue weighted by Gasteiger charge is -2.15. The number of aromatic nitrogens is 1. The molecule has 0 saturated carbocycles. The first-order chi connectivity index (χ1) is 12.9. The third-order valence-corrected chi connectivity index (χ3v) is 5.04. The maximum Gasteiger partial charge on any atom is 0.308 e. The highest BCUT2D eigenvalue weighted by atomic mass is 32.1. The van der Waals surface area contributed by atoms with Gasteiger partial charge in [-0.25, -0.2) is 0 Å². The normalized spacial score (nSPS) is 12.2. The molecule has 0 radical (unpaired) electrons. The molecule has 0 unspecified atom stereocenters. The van der Waals surface area contributed by atoms with Crippen LogP contribution in [0.1, 0.15) is 26.8 Å². The molecule has 7 heteroatoms. The standard InChI is InChI=1S/C20H22N2O4S/c1-12(2)22-17-9-8-14(10-18(17)27-20(22)24)21-19(23)13(3)26-16-7-5-6-15(11-16)25-4/h5-13H,1-4H3,(H,21,23)/t13-/m0/s1. The Kier molecular flexibility index (Phi) is 5.51. The van der Waals surface area contributed by atoms with Gasteiger partial charge in [0.1, 0.15) is 11.5 Å². The Bertz CT molecular complexity index is 1020. The van der Waals surface area contributed by atoms with E-state index in [0.29, 0.717) is 17.2 Å². The number of hydrogen-bond acceptors (Lipinski definition) is 5. The van der Waals surface area contributed by atoms with E-state index in [-0.39, 0.29) is 16.8 Å². The van der Waals surface area contributed by atoms with Crippen LogP contribution in [0.4, 0.5) is 5.69 Å². The molecule has 0 aliphatic carbocycles. The van der Waals surface area contributed by atoms with E-state index < -0.39 is 6.10 Å². The lowest BCUT2D eigenvalue weighted by atomic mass is 10.2. The number of fused-ring (bicyclic) bond motifs is 1. The molecule has 0 fully saturated rings. The molecule has 2 aromatic carbocycles. The second kappa shape index (κ2) is 7.84. The molecule has 1 atom stereocenters. The number of amides is 1. The van der Waals surface area contributed by atoms with Gasteiger partial charge < -0.3 is 14.8 Å². The summed E-state index contributed by atoms with van der Waals surface area (Å²) < 4.78 is 13.4. The fourth-order valence-electron chi connectivity index (χ4n) is 2.78. The number of benzene rings is 2. The molecule has 1 heterocycles. The fraction of sp³-hybridized carbons (Fsp3) is 0.300. The van der Waals surface area contributed by atoms with Gasteiger partial charge in [-0.1, -0.05) is 17.4 Å². The Balaban J connectivity index is 1.74. The zero-order chi connectivity index (χ0) is 19.6. The Labute approximate surface area is 161 Å². The molecule has 142 valence electrons. The molecule has 27 heavy (non-hydrogen) atoms. The smallest absolute Gasteiger partial charge is 0.308 e. The van der Waals surface area contributed by atoms with Gasteiger partial charge in [-0.15, -0.1) is 0 Å².